The standard InChI is InChI=1S/C15H16O4/c1-9(2)12(16)7-11-6-10-4-5-15(17)19-14(10)8-13(11)18-3/h4-6,8,12,16H,1,7H2,2-3H3/t12-/m1/s1. The summed E-state index contributed by atoms with van der Waals surface area (Å²) in [6, 6.07) is 6.57. The van der Waals surface area contributed by atoms with E-state index in [2.05, 4.69) is 6.58 Å². The lowest BCUT2D eigenvalue weighted by molar-refractivity contribution is 0.210. The van der Waals surface area contributed by atoms with Crippen molar-refractivity contribution in [2.24, 2.45) is 0 Å². The van der Waals surface area contributed by atoms with Crippen molar-refractivity contribution >= 4 is 11.0 Å². The number of rotatable bonds is 4. The van der Waals surface area contributed by atoms with Crippen molar-refractivity contribution in [3.63, 3.8) is 0 Å². The fraction of sp³-hybridized carbons (Fsp3) is 0.267. The smallest absolute Gasteiger partial charge is 0.336 e. The van der Waals surface area contributed by atoms with Crippen LogP contribution in [-0.2, 0) is 6.42 Å². The second kappa shape index (κ2) is 5.28. The summed E-state index contributed by atoms with van der Waals surface area (Å²) in [6.45, 7) is 5.51. The van der Waals surface area contributed by atoms with E-state index in [9.17, 15) is 9.90 Å². The molecule has 4 nitrogen and oxygen atoms in total. The van der Waals surface area contributed by atoms with Gasteiger partial charge in [-0.2, -0.15) is 0 Å². The molecule has 0 unspecified atom stereocenters. The van der Waals surface area contributed by atoms with Gasteiger partial charge in [0.2, 0.25) is 0 Å². The highest BCUT2D eigenvalue weighted by molar-refractivity contribution is 5.79. The SMILES string of the molecule is C=C(C)[C@H](O)Cc1cc2ccc(=O)oc2cc1OC. The van der Waals surface area contributed by atoms with E-state index in [4.69, 9.17) is 9.15 Å². The van der Waals surface area contributed by atoms with Crippen molar-refractivity contribution in [1.82, 2.24) is 0 Å². The van der Waals surface area contributed by atoms with Crippen molar-refractivity contribution in [1.29, 1.82) is 0 Å². The van der Waals surface area contributed by atoms with Gasteiger partial charge in [0.25, 0.3) is 0 Å². The number of hydrogen-bond acceptors (Lipinski definition) is 4. The molecule has 0 aliphatic carbocycles. The van der Waals surface area contributed by atoms with E-state index in [0.717, 1.165) is 10.9 Å². The molecule has 0 saturated carbocycles. The molecule has 0 aliphatic heterocycles. The van der Waals surface area contributed by atoms with Gasteiger partial charge in [0.05, 0.1) is 13.2 Å². The first kappa shape index (κ1) is 13.4. The highest BCUT2D eigenvalue weighted by Crippen LogP contribution is 2.27. The molecule has 4 heteroatoms. The molecule has 0 spiro atoms. The van der Waals surface area contributed by atoms with E-state index in [-0.39, 0.29) is 0 Å². The molecule has 1 heterocycles. The van der Waals surface area contributed by atoms with Crippen molar-refractivity contribution in [3.05, 3.63) is 52.4 Å². The predicted octanol–water partition coefficient (Wildman–Crippen LogP) is 2.28. The summed E-state index contributed by atoms with van der Waals surface area (Å²) in [7, 11) is 1.54. The van der Waals surface area contributed by atoms with Crippen molar-refractivity contribution in [2.45, 2.75) is 19.4 Å². The monoisotopic (exact) mass is 260 g/mol. The molecule has 0 amide bonds. The summed E-state index contributed by atoms with van der Waals surface area (Å²) in [5.41, 5.74) is 1.61. The molecular weight excluding hydrogens is 244 g/mol. The molecule has 0 radical (unpaired) electrons. The Morgan fingerprint density at radius 3 is 2.84 bits per heavy atom. The van der Waals surface area contributed by atoms with E-state index in [1.807, 2.05) is 6.07 Å². The molecule has 1 N–H and O–H groups in total. The molecule has 1 aromatic heterocycles. The third kappa shape index (κ3) is 2.85. The molecule has 0 bridgehead atoms. The van der Waals surface area contributed by atoms with E-state index in [1.165, 1.54) is 6.07 Å². The zero-order chi connectivity index (χ0) is 14.0. The molecule has 0 aliphatic rings. The van der Waals surface area contributed by atoms with E-state index in [1.54, 1.807) is 26.2 Å². The number of benzene rings is 1. The summed E-state index contributed by atoms with van der Waals surface area (Å²) in [4.78, 5) is 11.2. The number of methoxy groups -OCH3 is 1. The van der Waals surface area contributed by atoms with Crippen LogP contribution in [0.3, 0.4) is 0 Å². The maximum Gasteiger partial charge on any atom is 0.336 e. The fourth-order valence-corrected chi connectivity index (χ4v) is 1.88. The third-order valence-corrected chi connectivity index (χ3v) is 3.00. The van der Waals surface area contributed by atoms with Gasteiger partial charge in [0.1, 0.15) is 11.3 Å². The van der Waals surface area contributed by atoms with E-state index < -0.39 is 11.7 Å². The molecule has 1 atom stereocenters. The Hall–Kier alpha value is -2.07. The highest BCUT2D eigenvalue weighted by atomic mass is 16.5. The lowest BCUT2D eigenvalue weighted by Crippen LogP contribution is -2.12. The summed E-state index contributed by atoms with van der Waals surface area (Å²) < 4.78 is 10.4. The Morgan fingerprint density at radius 1 is 1.47 bits per heavy atom. The first-order chi connectivity index (χ1) is 9.01. The zero-order valence-electron chi connectivity index (χ0n) is 11.0. The minimum absolute atomic E-state index is 0.399. The van der Waals surface area contributed by atoms with Crippen LogP contribution >= 0.6 is 0 Å². The Morgan fingerprint density at radius 2 is 2.21 bits per heavy atom. The molecule has 100 valence electrons. The lowest BCUT2D eigenvalue weighted by Gasteiger charge is -2.14. The van der Waals surface area contributed by atoms with Crippen LogP contribution in [0.15, 0.2) is 45.6 Å². The maximum absolute atomic E-state index is 11.2. The Balaban J connectivity index is 2.51. The fourth-order valence-electron chi connectivity index (χ4n) is 1.88. The van der Waals surface area contributed by atoms with Gasteiger partial charge in [-0.15, -0.1) is 0 Å². The average molecular weight is 260 g/mol. The summed E-state index contributed by atoms with van der Waals surface area (Å²) in [6.07, 6.45) is -0.213. The number of fused-ring (bicyclic) bond motifs is 1. The minimum Gasteiger partial charge on any atom is -0.496 e. The second-order valence-electron chi connectivity index (χ2n) is 4.52. The van der Waals surface area contributed by atoms with Crippen LogP contribution in [0.1, 0.15) is 12.5 Å². The van der Waals surface area contributed by atoms with Crippen LogP contribution in [0.4, 0.5) is 0 Å². The largest absolute Gasteiger partial charge is 0.496 e. The van der Waals surface area contributed by atoms with Crippen molar-refractivity contribution in [3.8, 4) is 5.75 Å². The van der Waals surface area contributed by atoms with Crippen molar-refractivity contribution in [2.75, 3.05) is 7.11 Å². The van der Waals surface area contributed by atoms with Crippen molar-refractivity contribution < 1.29 is 14.3 Å². The summed E-state index contributed by atoms with van der Waals surface area (Å²) in [5.74, 6) is 0.585. The molecule has 2 rings (SSSR count). The van der Waals surface area contributed by atoms with Gasteiger partial charge in [0.15, 0.2) is 0 Å². The molecule has 1 aromatic carbocycles. The third-order valence-electron chi connectivity index (χ3n) is 3.00. The molecule has 19 heavy (non-hydrogen) atoms. The van der Waals surface area contributed by atoms with Gasteiger partial charge in [-0.3, -0.25) is 0 Å². The van der Waals surface area contributed by atoms with Gasteiger partial charge in [-0.1, -0.05) is 12.2 Å². The van der Waals surface area contributed by atoms with Crippen LogP contribution in [-0.4, -0.2) is 18.3 Å². The number of aliphatic hydroxyl groups is 1. The van der Waals surface area contributed by atoms with Crippen LogP contribution in [0.2, 0.25) is 0 Å². The Kier molecular flexibility index (Phi) is 3.71. The normalized spacial score (nSPS) is 12.4. The molecule has 0 saturated heterocycles. The first-order valence-corrected chi connectivity index (χ1v) is 5.95. The second-order valence-corrected chi connectivity index (χ2v) is 4.52. The zero-order valence-corrected chi connectivity index (χ0v) is 11.0. The quantitative estimate of drug-likeness (QED) is 0.676. The average Bonchev–Trinajstić information content (AvgIpc) is 2.38. The van der Waals surface area contributed by atoms with Crippen LogP contribution in [0.5, 0.6) is 5.75 Å². The number of hydrogen-bond donors (Lipinski definition) is 1. The molecule has 0 fully saturated rings. The Labute approximate surface area is 110 Å². The van der Waals surface area contributed by atoms with Crippen LogP contribution in [0.25, 0.3) is 11.0 Å². The van der Waals surface area contributed by atoms with E-state index >= 15 is 0 Å². The van der Waals surface area contributed by atoms with Gasteiger partial charge < -0.3 is 14.3 Å². The maximum atomic E-state index is 11.2. The van der Waals surface area contributed by atoms with Gasteiger partial charge in [0, 0.05) is 23.9 Å². The predicted molar refractivity (Wildman–Crippen MR) is 73.6 cm³/mol. The van der Waals surface area contributed by atoms with Gasteiger partial charge in [-0.25, -0.2) is 4.79 Å². The summed E-state index contributed by atoms with van der Waals surface area (Å²) in [5, 5.41) is 10.7. The van der Waals surface area contributed by atoms with Crippen LogP contribution < -0.4 is 10.4 Å². The van der Waals surface area contributed by atoms with Crippen LogP contribution in [0, 0.1) is 0 Å². The number of ether oxygens (including phenoxy) is 1. The Bertz CT molecular complexity index is 669. The minimum atomic E-state index is -0.623. The lowest BCUT2D eigenvalue weighted by atomic mass is 10.0. The highest BCUT2D eigenvalue weighted by Gasteiger charge is 2.12. The molecule has 2 aromatic rings. The summed E-state index contributed by atoms with van der Waals surface area (Å²) >= 11 is 0. The van der Waals surface area contributed by atoms with Gasteiger partial charge in [-0.05, 0) is 24.6 Å². The first-order valence-electron chi connectivity index (χ1n) is 5.95. The topological polar surface area (TPSA) is 59.7 Å². The van der Waals surface area contributed by atoms with E-state index in [0.29, 0.717) is 23.3 Å². The number of aliphatic hydroxyl groups excluding tert-OH is 1. The van der Waals surface area contributed by atoms with Gasteiger partial charge >= 0.3 is 5.63 Å². The molecular formula is C15H16O4.